The molecule has 6 heteroatoms. The summed E-state index contributed by atoms with van der Waals surface area (Å²) in [6.07, 6.45) is 8.52. The Balaban J connectivity index is 1.92. The van der Waals surface area contributed by atoms with Crippen molar-refractivity contribution in [3.05, 3.63) is 0 Å². The highest BCUT2D eigenvalue weighted by molar-refractivity contribution is 5.84. The van der Waals surface area contributed by atoms with Crippen molar-refractivity contribution in [2.24, 2.45) is 5.92 Å². The summed E-state index contributed by atoms with van der Waals surface area (Å²) in [5.41, 5.74) is 0. The van der Waals surface area contributed by atoms with Crippen molar-refractivity contribution in [3.63, 3.8) is 0 Å². The van der Waals surface area contributed by atoms with Crippen molar-refractivity contribution in [1.29, 1.82) is 5.26 Å². The maximum atomic E-state index is 12.2. The number of rotatable bonds is 5. The summed E-state index contributed by atoms with van der Waals surface area (Å²) in [6.45, 7) is 0. The van der Waals surface area contributed by atoms with Crippen LogP contribution in [-0.4, -0.2) is 36.1 Å². The second-order valence-electron chi connectivity index (χ2n) is 6.05. The number of ether oxygens (including phenoxy) is 1. The average molecular weight is 293 g/mol. The van der Waals surface area contributed by atoms with Crippen LogP contribution in [0.15, 0.2) is 0 Å². The lowest BCUT2D eigenvalue weighted by atomic mass is 9.85. The zero-order valence-electron chi connectivity index (χ0n) is 12.5. The van der Waals surface area contributed by atoms with Crippen LogP contribution in [0.4, 0.5) is 4.79 Å². The molecule has 0 bridgehead atoms. The van der Waals surface area contributed by atoms with Crippen molar-refractivity contribution in [2.75, 3.05) is 7.05 Å². The van der Waals surface area contributed by atoms with Crippen LogP contribution in [0.3, 0.4) is 0 Å². The number of hydrogen-bond acceptors (Lipinski definition) is 4. The van der Waals surface area contributed by atoms with Crippen LogP contribution in [0.1, 0.15) is 51.4 Å². The van der Waals surface area contributed by atoms with Gasteiger partial charge in [0.25, 0.3) is 5.91 Å². The van der Waals surface area contributed by atoms with Crippen molar-refractivity contribution in [3.8, 4) is 6.19 Å². The lowest BCUT2D eigenvalue weighted by Gasteiger charge is -2.26. The van der Waals surface area contributed by atoms with Gasteiger partial charge in [-0.1, -0.05) is 32.1 Å². The fourth-order valence-electron chi connectivity index (χ4n) is 2.75. The zero-order valence-corrected chi connectivity index (χ0v) is 12.5. The molecule has 2 aliphatic carbocycles. The molecule has 0 aliphatic heterocycles. The van der Waals surface area contributed by atoms with E-state index in [0.717, 1.165) is 43.4 Å². The summed E-state index contributed by atoms with van der Waals surface area (Å²) >= 11 is 0. The van der Waals surface area contributed by atoms with Crippen LogP contribution >= 0.6 is 0 Å². The maximum absolute atomic E-state index is 12.2. The van der Waals surface area contributed by atoms with E-state index in [4.69, 9.17) is 10.00 Å². The van der Waals surface area contributed by atoms with Gasteiger partial charge in [-0.2, -0.15) is 5.26 Å². The van der Waals surface area contributed by atoms with Gasteiger partial charge in [0.2, 0.25) is 0 Å². The van der Waals surface area contributed by atoms with E-state index in [0.29, 0.717) is 12.3 Å². The Labute approximate surface area is 125 Å². The molecule has 6 nitrogen and oxygen atoms in total. The van der Waals surface area contributed by atoms with Crippen LogP contribution in [0, 0.1) is 17.4 Å². The molecule has 116 valence electrons. The molecular formula is C15H23N3O3. The first-order chi connectivity index (χ1) is 10.1. The van der Waals surface area contributed by atoms with E-state index in [9.17, 15) is 9.59 Å². The number of likely N-dealkylation sites (N-methyl/N-ethyl adjacent to an activating group) is 1. The van der Waals surface area contributed by atoms with Crippen molar-refractivity contribution < 1.29 is 14.3 Å². The normalized spacial score (nSPS) is 20.2. The third-order valence-electron chi connectivity index (χ3n) is 4.18. The van der Waals surface area contributed by atoms with Gasteiger partial charge >= 0.3 is 6.09 Å². The number of nitrogens with zero attached hydrogens (tertiary/aromatic N) is 2. The molecular weight excluding hydrogens is 270 g/mol. The molecule has 0 heterocycles. The number of nitrogens with one attached hydrogen (secondary N) is 1. The summed E-state index contributed by atoms with van der Waals surface area (Å²) < 4.78 is 5.30. The van der Waals surface area contributed by atoms with Gasteiger partial charge in [-0.15, -0.1) is 0 Å². The minimum atomic E-state index is -0.850. The molecule has 2 rings (SSSR count). The number of hydrogen-bond donors (Lipinski definition) is 1. The molecule has 2 aliphatic rings. The van der Waals surface area contributed by atoms with Gasteiger partial charge in [0.05, 0.1) is 0 Å². The van der Waals surface area contributed by atoms with Crippen LogP contribution in [0.5, 0.6) is 0 Å². The predicted molar refractivity (Wildman–Crippen MR) is 76.0 cm³/mol. The highest BCUT2D eigenvalue weighted by atomic mass is 16.6. The topological polar surface area (TPSA) is 82.4 Å². The molecule has 0 aromatic rings. The second-order valence-corrected chi connectivity index (χ2v) is 6.05. The lowest BCUT2D eigenvalue weighted by Crippen LogP contribution is -2.41. The molecule has 0 aromatic carbocycles. The summed E-state index contributed by atoms with van der Waals surface area (Å²) in [5, 5.41) is 11.6. The monoisotopic (exact) mass is 293 g/mol. The van der Waals surface area contributed by atoms with E-state index < -0.39 is 18.1 Å². The highest BCUT2D eigenvalue weighted by Gasteiger charge is 2.32. The third kappa shape index (κ3) is 4.92. The largest absolute Gasteiger partial charge is 0.436 e. The first-order valence-corrected chi connectivity index (χ1v) is 7.74. The Morgan fingerprint density at radius 1 is 1.29 bits per heavy atom. The fourth-order valence-corrected chi connectivity index (χ4v) is 2.75. The van der Waals surface area contributed by atoms with Crippen LogP contribution < -0.4 is 5.32 Å². The summed E-state index contributed by atoms with van der Waals surface area (Å²) in [4.78, 5) is 24.9. The molecule has 2 fully saturated rings. The summed E-state index contributed by atoms with van der Waals surface area (Å²) in [5.74, 6) is -0.0393. The van der Waals surface area contributed by atoms with Crippen LogP contribution in [-0.2, 0) is 9.53 Å². The van der Waals surface area contributed by atoms with E-state index in [1.54, 1.807) is 6.19 Å². The number of amides is 2. The number of carbonyl (C=O) groups excluding carboxylic acids is 2. The highest BCUT2D eigenvalue weighted by Crippen LogP contribution is 2.28. The Bertz CT molecular complexity index is 422. The summed E-state index contributed by atoms with van der Waals surface area (Å²) in [7, 11) is 1.40. The van der Waals surface area contributed by atoms with Gasteiger partial charge in [0, 0.05) is 13.1 Å². The van der Waals surface area contributed by atoms with E-state index in [1.165, 1.54) is 13.5 Å². The average Bonchev–Trinajstić information content (AvgIpc) is 3.29. The SMILES string of the molecule is CN(C#N)C(=O)C(CC1CCCCC1)OC(=O)NC1CC1. The zero-order chi connectivity index (χ0) is 15.2. The standard InChI is InChI=1S/C15H23N3O3/c1-18(10-16)14(19)13(9-11-5-3-2-4-6-11)21-15(20)17-12-7-8-12/h11-13H,2-9H2,1H3,(H,17,20). The lowest BCUT2D eigenvalue weighted by molar-refractivity contribution is -0.137. The second kappa shape index (κ2) is 7.30. The molecule has 0 radical (unpaired) electrons. The van der Waals surface area contributed by atoms with Crippen molar-refractivity contribution in [1.82, 2.24) is 10.2 Å². The minimum Gasteiger partial charge on any atom is -0.436 e. The first kappa shape index (κ1) is 15.6. The molecule has 0 aromatic heterocycles. The van der Waals surface area contributed by atoms with E-state index >= 15 is 0 Å². The maximum Gasteiger partial charge on any atom is 0.408 e. The quantitative estimate of drug-likeness (QED) is 0.622. The smallest absolute Gasteiger partial charge is 0.408 e. The van der Waals surface area contributed by atoms with Gasteiger partial charge < -0.3 is 10.1 Å². The molecule has 2 saturated carbocycles. The Morgan fingerprint density at radius 2 is 1.95 bits per heavy atom. The Morgan fingerprint density at radius 3 is 2.52 bits per heavy atom. The van der Waals surface area contributed by atoms with Gasteiger partial charge in [-0.25, -0.2) is 9.69 Å². The minimum absolute atomic E-state index is 0.191. The van der Waals surface area contributed by atoms with Gasteiger partial charge in [-0.05, 0) is 25.2 Å². The Hall–Kier alpha value is -1.77. The van der Waals surface area contributed by atoms with Gasteiger partial charge in [0.15, 0.2) is 12.3 Å². The molecule has 0 saturated heterocycles. The van der Waals surface area contributed by atoms with E-state index in [-0.39, 0.29) is 6.04 Å². The molecule has 1 N–H and O–H groups in total. The Kier molecular flexibility index (Phi) is 5.43. The van der Waals surface area contributed by atoms with Crippen LogP contribution in [0.25, 0.3) is 0 Å². The van der Waals surface area contributed by atoms with Crippen molar-refractivity contribution >= 4 is 12.0 Å². The number of nitriles is 1. The van der Waals surface area contributed by atoms with Gasteiger partial charge in [-0.3, -0.25) is 4.79 Å². The van der Waals surface area contributed by atoms with E-state index in [1.807, 2.05) is 0 Å². The number of carbonyl (C=O) groups is 2. The molecule has 2 amide bonds. The predicted octanol–water partition coefficient (Wildman–Crippen LogP) is 2.15. The first-order valence-electron chi connectivity index (χ1n) is 7.74. The van der Waals surface area contributed by atoms with Gasteiger partial charge in [0.1, 0.15) is 0 Å². The third-order valence-corrected chi connectivity index (χ3v) is 4.18. The van der Waals surface area contributed by atoms with E-state index in [2.05, 4.69) is 5.32 Å². The molecule has 21 heavy (non-hydrogen) atoms. The van der Waals surface area contributed by atoms with Crippen molar-refractivity contribution in [2.45, 2.75) is 63.5 Å². The molecule has 1 unspecified atom stereocenters. The molecule has 0 spiro atoms. The fraction of sp³-hybridized carbons (Fsp3) is 0.800. The summed E-state index contributed by atoms with van der Waals surface area (Å²) in [6, 6.07) is 0.191. The number of alkyl carbamates (subject to hydrolysis) is 1. The molecule has 1 atom stereocenters. The van der Waals surface area contributed by atoms with Crippen LogP contribution in [0.2, 0.25) is 0 Å².